The molecule has 0 atom stereocenters. The third kappa shape index (κ3) is 5.97. The third-order valence-corrected chi connectivity index (χ3v) is 7.32. The number of benzene rings is 2. The van der Waals surface area contributed by atoms with Gasteiger partial charge >= 0.3 is 0 Å². The Labute approximate surface area is 209 Å². The monoisotopic (exact) mass is 509 g/mol. The van der Waals surface area contributed by atoms with Gasteiger partial charge in [-0.15, -0.1) is 12.4 Å². The molecular weight excluding hydrogens is 481 g/mol. The first-order chi connectivity index (χ1) is 15.5. The summed E-state index contributed by atoms with van der Waals surface area (Å²) >= 11 is 7.87. The highest BCUT2D eigenvalue weighted by Gasteiger charge is 2.24. The number of anilines is 1. The molecule has 0 spiro atoms. The Morgan fingerprint density at radius 1 is 1.24 bits per heavy atom. The molecule has 2 heterocycles. The van der Waals surface area contributed by atoms with Crippen molar-refractivity contribution in [3.8, 4) is 5.75 Å². The van der Waals surface area contributed by atoms with Gasteiger partial charge in [-0.1, -0.05) is 46.7 Å². The molecule has 1 aromatic heterocycles. The second-order valence-corrected chi connectivity index (χ2v) is 9.41. The van der Waals surface area contributed by atoms with Gasteiger partial charge < -0.3 is 9.47 Å². The number of nitrogens with zero attached hydrogens (tertiary/aromatic N) is 3. The summed E-state index contributed by atoms with van der Waals surface area (Å²) in [4.78, 5) is 22.4. The highest BCUT2D eigenvalue weighted by molar-refractivity contribution is 7.23. The van der Waals surface area contributed by atoms with Crippen LogP contribution in [0.5, 0.6) is 5.75 Å². The van der Waals surface area contributed by atoms with E-state index in [1.54, 1.807) is 18.1 Å². The lowest BCUT2D eigenvalue weighted by molar-refractivity contribution is -0.118. The Balaban J connectivity index is 0.00000306. The minimum absolute atomic E-state index is 0. The van der Waals surface area contributed by atoms with Crippen LogP contribution >= 0.6 is 35.3 Å². The van der Waals surface area contributed by atoms with Gasteiger partial charge in [0, 0.05) is 26.2 Å². The minimum atomic E-state index is 0. The van der Waals surface area contributed by atoms with E-state index < -0.39 is 0 Å². The first-order valence-corrected chi connectivity index (χ1v) is 12.0. The SMILES string of the molecule is COc1ccc(Cl)c2sc(N(CCN3CCOCC3)C(=O)Cc3ccc(C)cc3C)nc12.Cl. The predicted octanol–water partition coefficient (Wildman–Crippen LogP) is 4.90. The van der Waals surface area contributed by atoms with Crippen molar-refractivity contribution in [2.24, 2.45) is 0 Å². The lowest BCUT2D eigenvalue weighted by atomic mass is 10.0. The van der Waals surface area contributed by atoms with Crippen LogP contribution in [0.3, 0.4) is 0 Å². The Morgan fingerprint density at radius 3 is 2.70 bits per heavy atom. The number of halogens is 2. The van der Waals surface area contributed by atoms with Crippen LogP contribution in [-0.2, 0) is 16.0 Å². The van der Waals surface area contributed by atoms with E-state index in [4.69, 9.17) is 26.1 Å². The number of aryl methyl sites for hydroxylation is 2. The summed E-state index contributed by atoms with van der Waals surface area (Å²) in [6.07, 6.45) is 0.329. The number of fused-ring (bicyclic) bond motifs is 1. The Bertz CT molecular complexity index is 1120. The average Bonchev–Trinajstić information content (AvgIpc) is 3.23. The van der Waals surface area contributed by atoms with Gasteiger partial charge in [0.25, 0.3) is 0 Å². The van der Waals surface area contributed by atoms with Gasteiger partial charge in [-0.2, -0.15) is 0 Å². The fourth-order valence-electron chi connectivity index (χ4n) is 3.92. The molecule has 6 nitrogen and oxygen atoms in total. The molecule has 0 radical (unpaired) electrons. The number of carbonyl (C=O) groups excluding carboxylic acids is 1. The van der Waals surface area contributed by atoms with E-state index in [-0.39, 0.29) is 18.3 Å². The van der Waals surface area contributed by atoms with Gasteiger partial charge in [0.15, 0.2) is 5.13 Å². The highest BCUT2D eigenvalue weighted by atomic mass is 35.5. The van der Waals surface area contributed by atoms with E-state index in [0.717, 1.165) is 48.7 Å². The molecule has 3 aromatic rings. The van der Waals surface area contributed by atoms with Crippen molar-refractivity contribution in [1.82, 2.24) is 9.88 Å². The molecule has 1 aliphatic heterocycles. The molecule has 0 aliphatic carbocycles. The zero-order valence-electron chi connectivity index (χ0n) is 19.1. The molecule has 4 rings (SSSR count). The quantitative estimate of drug-likeness (QED) is 0.453. The fraction of sp³-hybridized carbons (Fsp3) is 0.417. The molecule has 9 heteroatoms. The van der Waals surface area contributed by atoms with Gasteiger partial charge in [0.1, 0.15) is 11.3 Å². The predicted molar refractivity (Wildman–Crippen MR) is 138 cm³/mol. The Hall–Kier alpha value is -1.90. The molecule has 178 valence electrons. The van der Waals surface area contributed by atoms with Crippen molar-refractivity contribution in [1.29, 1.82) is 0 Å². The van der Waals surface area contributed by atoms with Gasteiger partial charge in [0.05, 0.1) is 36.5 Å². The molecule has 0 unspecified atom stereocenters. The Morgan fingerprint density at radius 2 is 2.00 bits per heavy atom. The van der Waals surface area contributed by atoms with Crippen molar-refractivity contribution in [3.05, 3.63) is 52.0 Å². The van der Waals surface area contributed by atoms with Gasteiger partial charge in [-0.05, 0) is 37.1 Å². The van der Waals surface area contributed by atoms with Crippen LogP contribution in [0.4, 0.5) is 5.13 Å². The molecule has 1 aliphatic rings. The third-order valence-electron chi connectivity index (χ3n) is 5.78. The number of ether oxygens (including phenoxy) is 2. The highest BCUT2D eigenvalue weighted by Crippen LogP contribution is 2.38. The lowest BCUT2D eigenvalue weighted by Gasteiger charge is -2.29. The molecule has 0 saturated carbocycles. The van der Waals surface area contributed by atoms with Crippen LogP contribution < -0.4 is 9.64 Å². The molecule has 2 aromatic carbocycles. The van der Waals surface area contributed by atoms with E-state index in [2.05, 4.69) is 30.9 Å². The van der Waals surface area contributed by atoms with Crippen LogP contribution in [0.15, 0.2) is 30.3 Å². The number of hydrogen-bond donors (Lipinski definition) is 0. The summed E-state index contributed by atoms with van der Waals surface area (Å²) in [5.41, 5.74) is 4.04. The maximum atomic E-state index is 13.5. The van der Waals surface area contributed by atoms with Crippen molar-refractivity contribution in [2.45, 2.75) is 20.3 Å². The molecule has 1 amide bonds. The van der Waals surface area contributed by atoms with Crippen LogP contribution in [-0.4, -0.2) is 62.3 Å². The number of thiazole rings is 1. The van der Waals surface area contributed by atoms with E-state index in [9.17, 15) is 4.79 Å². The molecule has 1 fully saturated rings. The molecule has 1 saturated heterocycles. The van der Waals surface area contributed by atoms with Crippen molar-refractivity contribution < 1.29 is 14.3 Å². The number of carbonyl (C=O) groups is 1. The number of hydrogen-bond acceptors (Lipinski definition) is 6. The van der Waals surface area contributed by atoms with Crippen molar-refractivity contribution in [3.63, 3.8) is 0 Å². The number of aromatic nitrogens is 1. The van der Waals surface area contributed by atoms with Gasteiger partial charge in [-0.3, -0.25) is 14.6 Å². The summed E-state index contributed by atoms with van der Waals surface area (Å²) in [7, 11) is 1.61. The molecule has 0 bridgehead atoms. The van der Waals surface area contributed by atoms with E-state index in [1.165, 1.54) is 16.9 Å². The van der Waals surface area contributed by atoms with Crippen LogP contribution in [0.25, 0.3) is 10.2 Å². The first kappa shape index (κ1) is 25.7. The van der Waals surface area contributed by atoms with Gasteiger partial charge in [0.2, 0.25) is 5.91 Å². The molecular formula is C24H29Cl2N3O3S. The summed E-state index contributed by atoms with van der Waals surface area (Å²) in [6.45, 7) is 8.64. The van der Waals surface area contributed by atoms with E-state index in [0.29, 0.717) is 34.4 Å². The second-order valence-electron chi connectivity index (χ2n) is 8.03. The van der Waals surface area contributed by atoms with Crippen LogP contribution in [0.1, 0.15) is 16.7 Å². The van der Waals surface area contributed by atoms with Crippen molar-refractivity contribution >= 4 is 56.6 Å². The zero-order chi connectivity index (χ0) is 22.7. The van der Waals surface area contributed by atoms with E-state index in [1.807, 2.05) is 12.1 Å². The largest absolute Gasteiger partial charge is 0.494 e. The number of amides is 1. The number of rotatable bonds is 7. The average molecular weight is 510 g/mol. The zero-order valence-corrected chi connectivity index (χ0v) is 21.5. The smallest absolute Gasteiger partial charge is 0.233 e. The normalized spacial score (nSPS) is 14.2. The molecule has 0 N–H and O–H groups in total. The summed E-state index contributed by atoms with van der Waals surface area (Å²) in [5.74, 6) is 0.682. The fourth-order valence-corrected chi connectivity index (χ4v) is 5.22. The summed E-state index contributed by atoms with van der Waals surface area (Å²) in [6, 6.07) is 9.82. The topological polar surface area (TPSA) is 54.9 Å². The standard InChI is InChI=1S/C24H28ClN3O3S.ClH/c1-16-4-5-18(17(2)14-16)15-21(29)28(9-8-27-10-12-31-13-11-27)24-26-22-20(30-3)7-6-19(25)23(22)32-24;/h4-7,14H,8-13,15H2,1-3H3;1H. The van der Waals surface area contributed by atoms with E-state index >= 15 is 0 Å². The molecule has 33 heavy (non-hydrogen) atoms. The Kier molecular flexibility index (Phi) is 8.95. The maximum Gasteiger partial charge on any atom is 0.233 e. The summed E-state index contributed by atoms with van der Waals surface area (Å²) < 4.78 is 11.8. The minimum Gasteiger partial charge on any atom is -0.494 e. The first-order valence-electron chi connectivity index (χ1n) is 10.8. The summed E-state index contributed by atoms with van der Waals surface area (Å²) in [5, 5.41) is 1.26. The maximum absolute atomic E-state index is 13.5. The lowest BCUT2D eigenvalue weighted by Crippen LogP contribution is -2.43. The van der Waals surface area contributed by atoms with Crippen LogP contribution in [0, 0.1) is 13.8 Å². The van der Waals surface area contributed by atoms with Crippen LogP contribution in [0.2, 0.25) is 5.02 Å². The second kappa shape index (κ2) is 11.5. The number of morpholine rings is 1. The number of methoxy groups -OCH3 is 1. The van der Waals surface area contributed by atoms with Gasteiger partial charge in [-0.25, -0.2) is 4.98 Å². The van der Waals surface area contributed by atoms with Crippen molar-refractivity contribution in [2.75, 3.05) is 51.4 Å².